The number of carbonyl (C=O) groups is 1. The van der Waals surface area contributed by atoms with Crippen molar-refractivity contribution in [1.82, 2.24) is 20.4 Å². The van der Waals surface area contributed by atoms with Crippen molar-refractivity contribution in [2.75, 3.05) is 46.8 Å². The number of aliphatic imine (C=N–C) groups is 1. The first-order valence-electron chi connectivity index (χ1n) is 10.3. The predicted molar refractivity (Wildman–Crippen MR) is 128 cm³/mol. The first kappa shape index (κ1) is 27.5. The number of likely N-dealkylation sites (tertiary alicyclic amines) is 1. The summed E-state index contributed by atoms with van der Waals surface area (Å²) in [6.45, 7) is 1.42. The second-order valence-corrected chi connectivity index (χ2v) is 7.84. The first-order valence-corrected chi connectivity index (χ1v) is 10.3. The Hall–Kier alpha value is -1.56. The fourth-order valence-electron chi connectivity index (χ4n) is 3.33. The van der Waals surface area contributed by atoms with Gasteiger partial charge in [0.2, 0.25) is 5.91 Å². The molecule has 1 saturated heterocycles. The van der Waals surface area contributed by atoms with E-state index in [9.17, 15) is 18.0 Å². The van der Waals surface area contributed by atoms with Crippen LogP contribution >= 0.6 is 24.0 Å². The topological polar surface area (TPSA) is 60.0 Å². The number of nitrogens with one attached hydrogen (secondary N) is 2. The van der Waals surface area contributed by atoms with Gasteiger partial charge in [-0.15, -0.1) is 24.0 Å². The summed E-state index contributed by atoms with van der Waals surface area (Å²) in [5, 5.41) is 6.31. The van der Waals surface area contributed by atoms with Gasteiger partial charge in [-0.3, -0.25) is 9.69 Å². The number of alkyl halides is 3. The number of piperidine rings is 1. The summed E-state index contributed by atoms with van der Waals surface area (Å²) < 4.78 is 37.5. The molecule has 0 radical (unpaired) electrons. The highest BCUT2D eigenvalue weighted by Crippen LogP contribution is 2.23. The standard InChI is InChI=1S/C21H32F3N5O.HI/c1-28(2)19(30)15-27-20(26-14-18-6-4-3-5-7-18)25-11-8-17-9-12-29(13-10-17)16-21(22,23)24;/h3-7,17H,8-16H2,1-2H3,(H2,25,26,27);1H. The number of carbonyl (C=O) groups excluding carboxylic acids is 1. The molecule has 31 heavy (non-hydrogen) atoms. The number of benzene rings is 1. The second-order valence-electron chi connectivity index (χ2n) is 7.84. The van der Waals surface area contributed by atoms with E-state index in [1.807, 2.05) is 30.3 Å². The lowest BCUT2D eigenvalue weighted by molar-refractivity contribution is -0.148. The number of likely N-dealkylation sites (N-methyl/N-ethyl adjacent to an activating group) is 1. The maximum absolute atomic E-state index is 12.5. The van der Waals surface area contributed by atoms with Gasteiger partial charge in [-0.05, 0) is 43.8 Å². The van der Waals surface area contributed by atoms with Gasteiger partial charge in [0, 0.05) is 20.6 Å². The van der Waals surface area contributed by atoms with Crippen LogP contribution in [0.5, 0.6) is 0 Å². The Balaban J connectivity index is 0.00000480. The van der Waals surface area contributed by atoms with Gasteiger partial charge in [-0.2, -0.15) is 13.2 Å². The molecule has 0 aliphatic carbocycles. The van der Waals surface area contributed by atoms with Crippen LogP contribution in [0.4, 0.5) is 13.2 Å². The number of halogens is 4. The molecule has 176 valence electrons. The fourth-order valence-corrected chi connectivity index (χ4v) is 3.33. The Morgan fingerprint density at radius 2 is 1.81 bits per heavy atom. The number of rotatable bonds is 8. The van der Waals surface area contributed by atoms with Crippen LogP contribution < -0.4 is 10.6 Å². The quantitative estimate of drug-likeness (QED) is 0.294. The minimum atomic E-state index is -4.13. The summed E-state index contributed by atoms with van der Waals surface area (Å²) in [7, 11) is 3.40. The molecule has 0 bridgehead atoms. The summed E-state index contributed by atoms with van der Waals surface area (Å²) in [5.41, 5.74) is 1.06. The molecular weight excluding hydrogens is 522 g/mol. The summed E-state index contributed by atoms with van der Waals surface area (Å²) in [6.07, 6.45) is -1.75. The van der Waals surface area contributed by atoms with Gasteiger partial charge >= 0.3 is 6.18 Å². The van der Waals surface area contributed by atoms with Crippen LogP contribution in [0.1, 0.15) is 24.8 Å². The summed E-state index contributed by atoms with van der Waals surface area (Å²) in [5.74, 6) is 0.894. The Bertz CT molecular complexity index is 677. The van der Waals surface area contributed by atoms with Crippen LogP contribution in [-0.4, -0.2) is 74.7 Å². The SMILES string of the molecule is CN(C)C(=O)CNC(=NCc1ccccc1)NCCC1CCN(CC(F)(F)F)CC1.I. The third-order valence-electron chi connectivity index (χ3n) is 5.12. The van der Waals surface area contributed by atoms with E-state index in [1.165, 1.54) is 9.80 Å². The highest BCUT2D eigenvalue weighted by Gasteiger charge is 2.32. The van der Waals surface area contributed by atoms with Crippen LogP contribution in [0.2, 0.25) is 0 Å². The van der Waals surface area contributed by atoms with E-state index < -0.39 is 12.7 Å². The Labute approximate surface area is 199 Å². The van der Waals surface area contributed by atoms with Crippen molar-refractivity contribution in [3.63, 3.8) is 0 Å². The lowest BCUT2D eigenvalue weighted by Gasteiger charge is -2.32. The fraction of sp³-hybridized carbons (Fsp3) is 0.619. The van der Waals surface area contributed by atoms with Crippen molar-refractivity contribution in [2.45, 2.75) is 32.0 Å². The third-order valence-corrected chi connectivity index (χ3v) is 5.12. The van der Waals surface area contributed by atoms with Gasteiger partial charge in [0.15, 0.2) is 5.96 Å². The monoisotopic (exact) mass is 555 g/mol. The molecule has 2 rings (SSSR count). The van der Waals surface area contributed by atoms with Gasteiger partial charge in [-0.1, -0.05) is 30.3 Å². The van der Waals surface area contributed by atoms with E-state index in [1.54, 1.807) is 14.1 Å². The molecule has 0 spiro atoms. The number of nitrogens with zero attached hydrogens (tertiary/aromatic N) is 3. The van der Waals surface area contributed by atoms with Crippen LogP contribution in [-0.2, 0) is 11.3 Å². The van der Waals surface area contributed by atoms with E-state index in [2.05, 4.69) is 15.6 Å². The maximum Gasteiger partial charge on any atom is 0.401 e. The summed E-state index contributed by atoms with van der Waals surface area (Å²) >= 11 is 0. The molecule has 0 saturated carbocycles. The average molecular weight is 555 g/mol. The Kier molecular flexibility index (Phi) is 12.2. The van der Waals surface area contributed by atoms with Crippen molar-refractivity contribution in [1.29, 1.82) is 0 Å². The Morgan fingerprint density at radius 1 is 1.16 bits per heavy atom. The highest BCUT2D eigenvalue weighted by atomic mass is 127. The number of amides is 1. The largest absolute Gasteiger partial charge is 0.401 e. The van der Waals surface area contributed by atoms with E-state index in [4.69, 9.17) is 0 Å². The molecule has 1 fully saturated rings. The maximum atomic E-state index is 12.5. The van der Waals surface area contributed by atoms with E-state index >= 15 is 0 Å². The molecule has 1 aliphatic rings. The smallest absolute Gasteiger partial charge is 0.356 e. The van der Waals surface area contributed by atoms with Crippen LogP contribution in [0.3, 0.4) is 0 Å². The molecule has 0 atom stereocenters. The number of guanidine groups is 1. The molecule has 1 aliphatic heterocycles. The zero-order valence-electron chi connectivity index (χ0n) is 18.1. The summed E-state index contributed by atoms with van der Waals surface area (Å²) in [6, 6.07) is 9.82. The van der Waals surface area contributed by atoms with Crippen LogP contribution in [0.15, 0.2) is 35.3 Å². The molecule has 6 nitrogen and oxygen atoms in total. The normalized spacial score (nSPS) is 15.8. The third kappa shape index (κ3) is 11.6. The average Bonchev–Trinajstić information content (AvgIpc) is 2.70. The molecule has 1 heterocycles. The Morgan fingerprint density at radius 3 is 2.39 bits per heavy atom. The van der Waals surface area contributed by atoms with Gasteiger partial charge in [0.1, 0.15) is 0 Å². The van der Waals surface area contributed by atoms with Crippen molar-refractivity contribution in [3.05, 3.63) is 35.9 Å². The number of hydrogen-bond donors (Lipinski definition) is 2. The lowest BCUT2D eigenvalue weighted by atomic mass is 9.93. The molecular formula is C21H33F3IN5O. The molecule has 0 unspecified atom stereocenters. The van der Waals surface area contributed by atoms with E-state index in [0.717, 1.165) is 24.8 Å². The van der Waals surface area contributed by atoms with Crippen molar-refractivity contribution < 1.29 is 18.0 Å². The molecule has 1 amide bonds. The minimum absolute atomic E-state index is 0. The first-order chi connectivity index (χ1) is 14.2. The zero-order valence-corrected chi connectivity index (χ0v) is 20.5. The van der Waals surface area contributed by atoms with Crippen molar-refractivity contribution in [2.24, 2.45) is 10.9 Å². The second kappa shape index (κ2) is 13.8. The molecule has 1 aromatic carbocycles. The molecule has 2 N–H and O–H groups in total. The summed E-state index contributed by atoms with van der Waals surface area (Å²) in [4.78, 5) is 19.4. The highest BCUT2D eigenvalue weighted by molar-refractivity contribution is 14.0. The van der Waals surface area contributed by atoms with Gasteiger partial charge in [0.25, 0.3) is 0 Å². The molecule has 0 aromatic heterocycles. The minimum Gasteiger partial charge on any atom is -0.356 e. The van der Waals surface area contributed by atoms with Gasteiger partial charge in [-0.25, -0.2) is 4.99 Å². The van der Waals surface area contributed by atoms with Crippen LogP contribution in [0.25, 0.3) is 0 Å². The van der Waals surface area contributed by atoms with Crippen molar-refractivity contribution >= 4 is 35.8 Å². The predicted octanol–water partition coefficient (Wildman–Crippen LogP) is 3.09. The lowest BCUT2D eigenvalue weighted by Crippen LogP contribution is -2.44. The van der Waals surface area contributed by atoms with Gasteiger partial charge in [0.05, 0.1) is 19.6 Å². The van der Waals surface area contributed by atoms with E-state index in [0.29, 0.717) is 38.1 Å². The van der Waals surface area contributed by atoms with Crippen LogP contribution in [0, 0.1) is 5.92 Å². The molecule has 10 heteroatoms. The molecule has 1 aromatic rings. The zero-order chi connectivity index (χ0) is 22.0. The van der Waals surface area contributed by atoms with Crippen molar-refractivity contribution in [3.8, 4) is 0 Å². The van der Waals surface area contributed by atoms with Gasteiger partial charge < -0.3 is 15.5 Å². The van der Waals surface area contributed by atoms with E-state index in [-0.39, 0.29) is 36.4 Å². The number of hydrogen-bond acceptors (Lipinski definition) is 3.